The molecule has 4 atom stereocenters. The number of benzene rings is 12. The van der Waals surface area contributed by atoms with Gasteiger partial charge in [-0.15, -0.1) is 0 Å². The van der Waals surface area contributed by atoms with Crippen LogP contribution in [-0.4, -0.2) is 36.6 Å². The highest BCUT2D eigenvalue weighted by Gasteiger charge is 2.31. The monoisotopic (exact) mass is 1410 g/mol. The van der Waals surface area contributed by atoms with Gasteiger partial charge in [-0.1, -0.05) is 314 Å². The summed E-state index contributed by atoms with van der Waals surface area (Å²) in [7, 11) is 0. The molecule has 0 radical (unpaired) electrons. The molecule has 0 amide bonds. The van der Waals surface area contributed by atoms with Gasteiger partial charge >= 0.3 is 0 Å². The van der Waals surface area contributed by atoms with Crippen molar-refractivity contribution in [3.05, 3.63) is 343 Å². The number of phenolic OH excluding ortho intramolecular Hbond substituents is 2. The molecule has 1 aliphatic rings. The van der Waals surface area contributed by atoms with Crippen LogP contribution in [0.5, 0.6) is 34.5 Å². The summed E-state index contributed by atoms with van der Waals surface area (Å²) in [5.74, 6) is 3.46. The van der Waals surface area contributed by atoms with E-state index in [0.717, 1.165) is 134 Å². The van der Waals surface area contributed by atoms with E-state index in [4.69, 9.17) is 18.9 Å². The molecular weight excluding hydrogens is 1300 g/mol. The maximum absolute atomic E-state index is 13.3. The second-order valence-corrected chi connectivity index (χ2v) is 33.3. The summed E-state index contributed by atoms with van der Waals surface area (Å²) in [6, 6.07) is 85.7. The molecule has 13 rings (SSSR count). The summed E-state index contributed by atoms with van der Waals surface area (Å²) < 4.78 is 28.9. The van der Waals surface area contributed by atoms with E-state index in [1.54, 1.807) is 0 Å². The molecule has 0 fully saturated rings. The Bertz CT molecular complexity index is 4640. The SMILES string of the molecule is CC(NC(c1ccccc1)c1c(OCCOc2c3cc(C(C)(C)C)cc2Cc2cc(C(C)(C)C)cc(c2O)Cc2cc(C(C)(C)C)cc(c2OCCOc2ccc4ccccc4c2C(NC(C)c2ccccc2)c2ccccc2)Cc2cc(C(C)(C)C)cc(c2O)C3)ccc2ccccc12)c1ccccc1. The Morgan fingerprint density at radius 2 is 0.557 bits per heavy atom. The number of phenols is 2. The highest BCUT2D eigenvalue weighted by atomic mass is 16.5. The Kier molecular flexibility index (Phi) is 21.8. The third-order valence-electron chi connectivity index (χ3n) is 21.3. The summed E-state index contributed by atoms with van der Waals surface area (Å²) in [5, 5.41) is 39.2. The fourth-order valence-electron chi connectivity index (χ4n) is 15.2. The number of hydrogen-bond donors (Lipinski definition) is 4. The van der Waals surface area contributed by atoms with Crippen LogP contribution < -0.4 is 29.6 Å². The van der Waals surface area contributed by atoms with Gasteiger partial charge in [-0.05, 0) is 158 Å². The van der Waals surface area contributed by atoms with Crippen molar-refractivity contribution in [3.63, 3.8) is 0 Å². The Balaban J connectivity index is 0.900. The predicted octanol–water partition coefficient (Wildman–Crippen LogP) is 23.1. The zero-order valence-electron chi connectivity index (χ0n) is 64.6. The third kappa shape index (κ3) is 16.8. The molecule has 0 saturated carbocycles. The first-order valence-corrected chi connectivity index (χ1v) is 38.0. The first-order valence-electron chi connectivity index (χ1n) is 38.0. The minimum absolute atomic E-state index is 0.0150. The van der Waals surface area contributed by atoms with E-state index >= 15 is 0 Å². The van der Waals surface area contributed by atoms with Crippen LogP contribution in [0.3, 0.4) is 0 Å². The third-order valence-corrected chi connectivity index (χ3v) is 21.3. The van der Waals surface area contributed by atoms with Crippen molar-refractivity contribution in [2.75, 3.05) is 26.4 Å². The summed E-state index contributed by atoms with van der Waals surface area (Å²) in [5.41, 5.74) is 17.0. The van der Waals surface area contributed by atoms with E-state index in [9.17, 15) is 10.2 Å². The van der Waals surface area contributed by atoms with Crippen LogP contribution in [0.4, 0.5) is 0 Å². The molecular formula is C98H106N2O6. The first-order chi connectivity index (χ1) is 50.7. The van der Waals surface area contributed by atoms with Crippen LogP contribution in [-0.2, 0) is 47.3 Å². The van der Waals surface area contributed by atoms with Crippen molar-refractivity contribution < 1.29 is 29.2 Å². The smallest absolute Gasteiger partial charge is 0.126 e. The highest BCUT2D eigenvalue weighted by Crippen LogP contribution is 2.46. The Labute approximate surface area is 629 Å². The van der Waals surface area contributed by atoms with Gasteiger partial charge in [0, 0.05) is 48.9 Å². The number of hydrogen-bond acceptors (Lipinski definition) is 8. The van der Waals surface area contributed by atoms with Gasteiger partial charge in [-0.25, -0.2) is 0 Å². The van der Waals surface area contributed by atoms with Crippen molar-refractivity contribution in [1.29, 1.82) is 0 Å². The van der Waals surface area contributed by atoms with E-state index < -0.39 is 0 Å². The van der Waals surface area contributed by atoms with Crippen LogP contribution in [0.1, 0.15) is 221 Å². The highest BCUT2D eigenvalue weighted by molar-refractivity contribution is 5.90. The molecule has 106 heavy (non-hydrogen) atoms. The zero-order chi connectivity index (χ0) is 74.7. The van der Waals surface area contributed by atoms with Gasteiger partial charge in [0.15, 0.2) is 0 Å². The summed E-state index contributed by atoms with van der Waals surface area (Å²) in [6.45, 7) is 32.3. The van der Waals surface area contributed by atoms with Gasteiger partial charge in [-0.2, -0.15) is 0 Å². The van der Waals surface area contributed by atoms with E-state index in [1.807, 2.05) is 0 Å². The lowest BCUT2D eigenvalue weighted by molar-refractivity contribution is 0.213. The molecule has 0 heterocycles. The second-order valence-electron chi connectivity index (χ2n) is 33.3. The van der Waals surface area contributed by atoms with Crippen LogP contribution in [0.2, 0.25) is 0 Å². The average Bonchev–Trinajstić information content (AvgIpc) is 0.776. The topological polar surface area (TPSA) is 101 Å². The number of aromatic hydroxyl groups is 2. The Morgan fingerprint density at radius 1 is 0.302 bits per heavy atom. The van der Waals surface area contributed by atoms with Crippen molar-refractivity contribution >= 4 is 21.5 Å². The van der Waals surface area contributed by atoms with Crippen LogP contribution in [0.25, 0.3) is 21.5 Å². The van der Waals surface area contributed by atoms with Gasteiger partial charge < -0.3 is 29.2 Å². The summed E-state index contributed by atoms with van der Waals surface area (Å²) >= 11 is 0. The van der Waals surface area contributed by atoms with E-state index in [2.05, 4.69) is 350 Å². The summed E-state index contributed by atoms with van der Waals surface area (Å²) in [6.07, 6.45) is 1.46. The number of nitrogens with one attached hydrogen (secondary N) is 2. The molecule has 0 aromatic heterocycles. The van der Waals surface area contributed by atoms with Crippen LogP contribution >= 0.6 is 0 Å². The van der Waals surface area contributed by atoms with Crippen molar-refractivity contribution in [3.8, 4) is 34.5 Å². The molecule has 1 aliphatic carbocycles. The van der Waals surface area contributed by atoms with E-state index in [-0.39, 0.29) is 83.8 Å². The molecule has 0 spiro atoms. The molecule has 12 aromatic rings. The fraction of sp³-hybridized carbons (Fsp3) is 0.306. The maximum atomic E-state index is 13.3. The lowest BCUT2D eigenvalue weighted by Crippen LogP contribution is -2.26. The van der Waals surface area contributed by atoms with E-state index in [0.29, 0.717) is 25.7 Å². The maximum Gasteiger partial charge on any atom is 0.126 e. The molecule has 544 valence electrons. The molecule has 8 heteroatoms. The lowest BCUT2D eigenvalue weighted by Gasteiger charge is -2.29. The van der Waals surface area contributed by atoms with Gasteiger partial charge in [0.05, 0.1) is 12.1 Å². The van der Waals surface area contributed by atoms with Gasteiger partial charge in [-0.3, -0.25) is 10.6 Å². The molecule has 0 aliphatic heterocycles. The number of fused-ring (bicyclic) bond motifs is 10. The molecule has 12 aromatic carbocycles. The molecule has 8 nitrogen and oxygen atoms in total. The zero-order valence-corrected chi connectivity index (χ0v) is 64.6. The van der Waals surface area contributed by atoms with E-state index in [1.165, 1.54) is 11.1 Å². The number of ether oxygens (including phenoxy) is 4. The molecule has 8 bridgehead atoms. The predicted molar refractivity (Wildman–Crippen MR) is 438 cm³/mol. The standard InChI is InChI=1S/C98H106N2O6/c1-63(65-31-19-15-20-32-65)99-89(69-37-23-17-24-38-69)87-83-41-29-27-35-67(83)43-45-85(87)103-47-49-105-93-75-51-71-55-79(95(3,4)5)57-73(91(71)101)53-77-61-82(98(12,13)14)62-78(54-74-58-80(96(6,7)8)56-72(92(74)102)52-76(93)60-81(59-75)97(9,10)11)94(77)106-50-48-104-86-46-44-68-36-28-30-42-84(68)88(86)90(70-39-25-18-26-40-70)100-64(2)66-33-21-16-22-34-66/h15-46,55-64,89-90,99-102H,47-54H2,1-14H3. The quantitative estimate of drug-likeness (QED) is 0.0560. The largest absolute Gasteiger partial charge is 0.507 e. The van der Waals surface area contributed by atoms with Crippen LogP contribution in [0, 0.1) is 0 Å². The molecule has 4 N–H and O–H groups in total. The summed E-state index contributed by atoms with van der Waals surface area (Å²) in [4.78, 5) is 0. The van der Waals surface area contributed by atoms with Gasteiger partial charge in [0.25, 0.3) is 0 Å². The normalized spacial score (nSPS) is 13.9. The lowest BCUT2D eigenvalue weighted by atomic mass is 9.79. The Hall–Kier alpha value is -10.1. The van der Waals surface area contributed by atoms with Gasteiger partial charge in [0.2, 0.25) is 0 Å². The minimum Gasteiger partial charge on any atom is -0.507 e. The first kappa shape index (κ1) is 74.2. The van der Waals surface area contributed by atoms with Crippen molar-refractivity contribution in [2.24, 2.45) is 0 Å². The fourth-order valence-corrected chi connectivity index (χ4v) is 15.2. The van der Waals surface area contributed by atoms with Crippen molar-refractivity contribution in [1.82, 2.24) is 10.6 Å². The van der Waals surface area contributed by atoms with Crippen LogP contribution in [0.15, 0.2) is 243 Å². The average molecular weight is 1410 g/mol. The second kappa shape index (κ2) is 31.1. The molecule has 4 unspecified atom stereocenters. The van der Waals surface area contributed by atoms with Gasteiger partial charge in [0.1, 0.15) is 60.9 Å². The minimum atomic E-state index is -0.292. The van der Waals surface area contributed by atoms with Crippen molar-refractivity contribution in [2.45, 2.75) is 168 Å². The number of rotatable bonds is 20. The molecule has 0 saturated heterocycles. The Morgan fingerprint density at radius 3 is 0.849 bits per heavy atom.